The van der Waals surface area contributed by atoms with Crippen LogP contribution in [-0.4, -0.2) is 79.0 Å². The predicted molar refractivity (Wildman–Crippen MR) is 142 cm³/mol. The number of nitrogens with one attached hydrogen (secondary N) is 1. The average Bonchev–Trinajstić information content (AvgIpc) is 2.88. The molecule has 0 unspecified atom stereocenters. The van der Waals surface area contributed by atoms with Crippen LogP contribution >= 0.6 is 0 Å². The second kappa shape index (κ2) is 11.7. The Bertz CT molecular complexity index is 1240. The van der Waals surface area contributed by atoms with Crippen molar-refractivity contribution in [2.45, 2.75) is 39.3 Å². The molecule has 1 N–H and O–H groups in total. The maximum atomic E-state index is 13.7. The summed E-state index contributed by atoms with van der Waals surface area (Å²) in [6.45, 7) is 9.87. The molecule has 4 rings (SSSR count). The molecule has 1 fully saturated rings. The highest BCUT2D eigenvalue weighted by atomic mass is 16.6. The lowest BCUT2D eigenvalue weighted by Crippen LogP contribution is -2.44. The standard InChI is InChI=1S/C27H35N5O5/c1-27(2,3)29-24(33)18-32-23(19-6-5-7-20(16-19)35-4)9-8-21(26(32)34)22-17-28-25(37-30-22)10-11-31-12-14-36-15-13-31/h5-9,16H,10-15,17-18H2,1-4H3,(H,29,33). The van der Waals surface area contributed by atoms with E-state index in [0.29, 0.717) is 35.0 Å². The SMILES string of the molecule is COc1cccc(-c2ccc(C3=NOC(CCN4CCOCC4)=NC3)c(=O)n2CC(=O)NC(C)(C)C)c1. The molecular formula is C27H35N5O5. The molecule has 2 aromatic rings. The van der Waals surface area contributed by atoms with Crippen LogP contribution in [0.4, 0.5) is 0 Å². The Morgan fingerprint density at radius 2 is 1.95 bits per heavy atom. The lowest BCUT2D eigenvalue weighted by atomic mass is 10.1. The average molecular weight is 510 g/mol. The van der Waals surface area contributed by atoms with Crippen molar-refractivity contribution in [3.8, 4) is 17.0 Å². The molecule has 0 bridgehead atoms. The van der Waals surface area contributed by atoms with E-state index in [1.165, 1.54) is 4.57 Å². The molecule has 1 amide bonds. The van der Waals surface area contributed by atoms with Crippen molar-refractivity contribution in [3.05, 3.63) is 52.3 Å². The highest BCUT2D eigenvalue weighted by Crippen LogP contribution is 2.24. The number of benzene rings is 1. The van der Waals surface area contributed by atoms with Gasteiger partial charge in [-0.3, -0.25) is 19.1 Å². The molecule has 10 heteroatoms. The number of hydrogen-bond donors (Lipinski definition) is 1. The number of ether oxygens (including phenoxy) is 2. The van der Waals surface area contributed by atoms with Crippen LogP contribution in [-0.2, 0) is 20.9 Å². The zero-order valence-corrected chi connectivity index (χ0v) is 22.0. The first-order chi connectivity index (χ1) is 17.7. The van der Waals surface area contributed by atoms with Crippen molar-refractivity contribution in [3.63, 3.8) is 0 Å². The number of nitrogens with zero attached hydrogens (tertiary/aromatic N) is 4. The summed E-state index contributed by atoms with van der Waals surface area (Å²) in [5.74, 6) is 0.943. The third-order valence-corrected chi connectivity index (χ3v) is 6.08. The first kappa shape index (κ1) is 26.6. The van der Waals surface area contributed by atoms with Gasteiger partial charge in [-0.15, -0.1) is 0 Å². The van der Waals surface area contributed by atoms with Crippen LogP contribution in [0.3, 0.4) is 0 Å². The smallest absolute Gasteiger partial charge is 0.260 e. The van der Waals surface area contributed by atoms with Crippen LogP contribution in [0.25, 0.3) is 11.3 Å². The molecule has 3 heterocycles. The van der Waals surface area contributed by atoms with E-state index >= 15 is 0 Å². The Morgan fingerprint density at radius 3 is 2.62 bits per heavy atom. The Morgan fingerprint density at radius 1 is 1.16 bits per heavy atom. The summed E-state index contributed by atoms with van der Waals surface area (Å²) in [4.78, 5) is 38.9. The van der Waals surface area contributed by atoms with Crippen LogP contribution in [0, 0.1) is 0 Å². The normalized spacial score (nSPS) is 16.4. The topological polar surface area (TPSA) is 107 Å². The van der Waals surface area contributed by atoms with Gasteiger partial charge in [-0.2, -0.15) is 0 Å². The summed E-state index contributed by atoms with van der Waals surface area (Å²) in [5.41, 5.74) is 1.38. The number of carbonyl (C=O) groups is 1. The van der Waals surface area contributed by atoms with Crippen molar-refractivity contribution in [2.24, 2.45) is 10.1 Å². The Hall–Kier alpha value is -3.50. The fraction of sp³-hybridized carbons (Fsp3) is 0.481. The molecule has 1 saturated heterocycles. The molecule has 198 valence electrons. The van der Waals surface area contributed by atoms with Crippen molar-refractivity contribution < 1.29 is 19.1 Å². The molecule has 1 aromatic heterocycles. The van der Waals surface area contributed by atoms with Crippen molar-refractivity contribution in [2.75, 3.05) is 46.5 Å². The molecule has 0 spiro atoms. The summed E-state index contributed by atoms with van der Waals surface area (Å²) in [6.07, 6.45) is 0.642. The number of hydrogen-bond acceptors (Lipinski definition) is 8. The molecular weight excluding hydrogens is 474 g/mol. The molecule has 0 atom stereocenters. The number of aromatic nitrogens is 1. The second-order valence-corrected chi connectivity index (χ2v) is 10.1. The van der Waals surface area contributed by atoms with Crippen LogP contribution in [0.5, 0.6) is 5.75 Å². The number of methoxy groups -OCH3 is 1. The van der Waals surface area contributed by atoms with E-state index in [-0.39, 0.29) is 24.6 Å². The number of rotatable bonds is 8. The Labute approximate surface area is 216 Å². The molecule has 0 saturated carbocycles. The maximum absolute atomic E-state index is 13.7. The van der Waals surface area contributed by atoms with Crippen molar-refractivity contribution >= 4 is 17.5 Å². The van der Waals surface area contributed by atoms with Crippen molar-refractivity contribution in [1.82, 2.24) is 14.8 Å². The van der Waals surface area contributed by atoms with Gasteiger partial charge in [-0.05, 0) is 45.0 Å². The van der Waals surface area contributed by atoms with Gasteiger partial charge < -0.3 is 19.6 Å². The minimum Gasteiger partial charge on any atom is -0.497 e. The summed E-state index contributed by atoms with van der Waals surface area (Å²) < 4.78 is 12.2. The van der Waals surface area contributed by atoms with Crippen LogP contribution < -0.4 is 15.6 Å². The first-order valence-electron chi connectivity index (χ1n) is 12.5. The monoisotopic (exact) mass is 509 g/mol. The number of morpholine rings is 1. The highest BCUT2D eigenvalue weighted by Gasteiger charge is 2.22. The third kappa shape index (κ3) is 7.05. The minimum absolute atomic E-state index is 0.140. The number of oxime groups is 1. The molecule has 10 nitrogen and oxygen atoms in total. The lowest BCUT2D eigenvalue weighted by molar-refractivity contribution is -0.123. The second-order valence-electron chi connectivity index (χ2n) is 10.1. The molecule has 0 aliphatic carbocycles. The van der Waals surface area contributed by atoms with Gasteiger partial charge in [0.2, 0.25) is 11.8 Å². The van der Waals surface area contributed by atoms with Gasteiger partial charge in [0.15, 0.2) is 0 Å². The maximum Gasteiger partial charge on any atom is 0.260 e. The number of amides is 1. The van der Waals surface area contributed by atoms with Gasteiger partial charge >= 0.3 is 0 Å². The number of pyridine rings is 1. The largest absolute Gasteiger partial charge is 0.497 e. The quantitative estimate of drug-likeness (QED) is 0.585. The van der Waals surface area contributed by atoms with Gasteiger partial charge in [0.05, 0.1) is 38.1 Å². The zero-order chi connectivity index (χ0) is 26.4. The summed E-state index contributed by atoms with van der Waals surface area (Å²) in [7, 11) is 1.59. The highest BCUT2D eigenvalue weighted by molar-refractivity contribution is 6.04. The molecule has 0 radical (unpaired) electrons. The molecule has 2 aliphatic heterocycles. The van der Waals surface area contributed by atoms with E-state index in [4.69, 9.17) is 14.3 Å². The molecule has 1 aromatic carbocycles. The van der Waals surface area contributed by atoms with Crippen LogP contribution in [0.2, 0.25) is 0 Å². The number of aliphatic imine (C=N–C) groups is 1. The van der Waals surface area contributed by atoms with E-state index in [2.05, 4.69) is 20.4 Å². The van der Waals surface area contributed by atoms with Crippen LogP contribution in [0.1, 0.15) is 32.8 Å². The first-order valence-corrected chi connectivity index (χ1v) is 12.5. The third-order valence-electron chi connectivity index (χ3n) is 6.08. The van der Waals surface area contributed by atoms with Gasteiger partial charge in [0.1, 0.15) is 18.0 Å². The van der Waals surface area contributed by atoms with E-state index < -0.39 is 5.54 Å². The van der Waals surface area contributed by atoms with Crippen molar-refractivity contribution in [1.29, 1.82) is 0 Å². The van der Waals surface area contributed by atoms with E-state index in [1.807, 2.05) is 51.1 Å². The molecule has 2 aliphatic rings. The van der Waals surface area contributed by atoms with Gasteiger partial charge in [-0.1, -0.05) is 17.3 Å². The number of carbonyl (C=O) groups excluding carboxylic acids is 1. The summed E-state index contributed by atoms with van der Waals surface area (Å²) >= 11 is 0. The Kier molecular flexibility index (Phi) is 8.40. The summed E-state index contributed by atoms with van der Waals surface area (Å²) in [5, 5.41) is 7.15. The van der Waals surface area contributed by atoms with E-state index in [1.54, 1.807) is 13.2 Å². The predicted octanol–water partition coefficient (Wildman–Crippen LogP) is 2.29. The van der Waals surface area contributed by atoms with Gasteiger partial charge in [-0.25, -0.2) is 4.99 Å². The fourth-order valence-electron chi connectivity index (χ4n) is 4.26. The molecule has 37 heavy (non-hydrogen) atoms. The van der Waals surface area contributed by atoms with Crippen LogP contribution in [0.15, 0.2) is 51.3 Å². The zero-order valence-electron chi connectivity index (χ0n) is 22.0. The Balaban J connectivity index is 1.57. The van der Waals surface area contributed by atoms with E-state index in [9.17, 15) is 9.59 Å². The fourth-order valence-corrected chi connectivity index (χ4v) is 4.26. The van der Waals surface area contributed by atoms with E-state index in [0.717, 1.165) is 38.4 Å². The van der Waals surface area contributed by atoms with Gasteiger partial charge in [0, 0.05) is 37.2 Å². The lowest BCUT2D eigenvalue weighted by Gasteiger charge is -2.26. The summed E-state index contributed by atoms with van der Waals surface area (Å²) in [6, 6.07) is 10.9. The minimum atomic E-state index is -0.429. The van der Waals surface area contributed by atoms with Gasteiger partial charge in [0.25, 0.3) is 5.56 Å².